The molecule has 2 amide bonds. The van der Waals surface area contributed by atoms with Gasteiger partial charge in [-0.1, -0.05) is 12.2 Å². The highest BCUT2D eigenvalue weighted by atomic mass is 127. The molecule has 4 rings (SSSR count). The van der Waals surface area contributed by atoms with Gasteiger partial charge in [0.25, 0.3) is 0 Å². The van der Waals surface area contributed by atoms with Crippen molar-refractivity contribution in [2.75, 3.05) is 19.6 Å². The van der Waals surface area contributed by atoms with E-state index in [4.69, 9.17) is 0 Å². The molecule has 1 aromatic rings. The zero-order valence-electron chi connectivity index (χ0n) is 16.2. The van der Waals surface area contributed by atoms with Crippen LogP contribution in [-0.4, -0.2) is 47.3 Å². The van der Waals surface area contributed by atoms with Crippen LogP contribution in [0.4, 0.5) is 4.39 Å². The normalized spacial score (nSPS) is 27.2. The summed E-state index contributed by atoms with van der Waals surface area (Å²) in [5, 5.41) is 6.18. The molecule has 7 nitrogen and oxygen atoms in total. The fraction of sp³-hybridized carbons (Fsp3) is 0.500. The molecule has 0 spiro atoms. The van der Waals surface area contributed by atoms with E-state index in [0.717, 1.165) is 6.42 Å². The first-order valence-electron chi connectivity index (χ1n) is 9.75. The third-order valence-corrected chi connectivity index (χ3v) is 5.76. The van der Waals surface area contributed by atoms with Crippen LogP contribution in [0.3, 0.4) is 0 Å². The Morgan fingerprint density at radius 3 is 2.55 bits per heavy atom. The van der Waals surface area contributed by atoms with Crippen molar-refractivity contribution in [3.63, 3.8) is 0 Å². The van der Waals surface area contributed by atoms with Crippen LogP contribution >= 0.6 is 24.0 Å². The molecular formula is C20H25FIN5O2. The van der Waals surface area contributed by atoms with Crippen molar-refractivity contribution < 1.29 is 14.0 Å². The second-order valence-electron chi connectivity index (χ2n) is 7.38. The van der Waals surface area contributed by atoms with E-state index in [1.165, 1.54) is 23.2 Å². The number of imide groups is 1. The third-order valence-electron chi connectivity index (χ3n) is 5.76. The quantitative estimate of drug-likeness (QED) is 0.199. The standard InChI is InChI=1S/C20H24FN5O2.HI/c1-2-22-20(25-11-15-14(21)4-3-7-23-15)24-8-9-26-18(27)16-12-5-6-13(10-12)17(16)19(26)28;/h3-7,12-13,16-17H,2,8-11H2,1H3,(H2,22,24,25);1H. The van der Waals surface area contributed by atoms with Crippen LogP contribution in [-0.2, 0) is 16.1 Å². The van der Waals surface area contributed by atoms with Gasteiger partial charge in [0.1, 0.15) is 5.82 Å². The van der Waals surface area contributed by atoms with E-state index in [0.29, 0.717) is 25.6 Å². The molecule has 2 heterocycles. The first-order chi connectivity index (χ1) is 13.6. The topological polar surface area (TPSA) is 86.7 Å². The molecule has 4 unspecified atom stereocenters. The Hall–Kier alpha value is -2.04. The minimum absolute atomic E-state index is 0. The number of aromatic nitrogens is 1. The van der Waals surface area contributed by atoms with Gasteiger partial charge in [-0.05, 0) is 37.3 Å². The van der Waals surface area contributed by atoms with Crippen molar-refractivity contribution in [2.45, 2.75) is 19.9 Å². The van der Waals surface area contributed by atoms with Gasteiger partial charge in [-0.15, -0.1) is 24.0 Å². The van der Waals surface area contributed by atoms with Crippen LogP contribution < -0.4 is 10.6 Å². The molecule has 9 heteroatoms. The summed E-state index contributed by atoms with van der Waals surface area (Å²) in [7, 11) is 0. The number of allylic oxidation sites excluding steroid dienone is 2. The predicted octanol–water partition coefficient (Wildman–Crippen LogP) is 1.70. The van der Waals surface area contributed by atoms with E-state index in [-0.39, 0.29) is 71.7 Å². The van der Waals surface area contributed by atoms with Crippen molar-refractivity contribution in [3.05, 3.63) is 42.0 Å². The monoisotopic (exact) mass is 513 g/mol. The molecule has 2 bridgehead atoms. The summed E-state index contributed by atoms with van der Waals surface area (Å²) >= 11 is 0. The molecule has 2 aliphatic carbocycles. The van der Waals surface area contributed by atoms with Crippen LogP contribution in [0.1, 0.15) is 19.0 Å². The molecular weight excluding hydrogens is 488 g/mol. The van der Waals surface area contributed by atoms with Gasteiger partial charge >= 0.3 is 0 Å². The van der Waals surface area contributed by atoms with Crippen LogP contribution in [0.25, 0.3) is 0 Å². The van der Waals surface area contributed by atoms with Crippen molar-refractivity contribution in [1.82, 2.24) is 20.5 Å². The van der Waals surface area contributed by atoms with Gasteiger partial charge in [-0.3, -0.25) is 19.5 Å². The Morgan fingerprint density at radius 2 is 1.93 bits per heavy atom. The number of rotatable bonds is 6. The number of nitrogens with one attached hydrogen (secondary N) is 2. The molecule has 1 aliphatic heterocycles. The number of likely N-dealkylation sites (tertiary alicyclic amines) is 1. The van der Waals surface area contributed by atoms with E-state index in [9.17, 15) is 14.0 Å². The van der Waals surface area contributed by atoms with E-state index < -0.39 is 5.82 Å². The lowest BCUT2D eigenvalue weighted by molar-refractivity contribution is -0.140. The van der Waals surface area contributed by atoms with Crippen LogP contribution in [0.2, 0.25) is 0 Å². The number of hydrogen-bond acceptors (Lipinski definition) is 4. The Labute approximate surface area is 186 Å². The number of pyridine rings is 1. The van der Waals surface area contributed by atoms with Crippen LogP contribution in [0, 0.1) is 29.5 Å². The number of guanidine groups is 1. The predicted molar refractivity (Wildman–Crippen MR) is 117 cm³/mol. The summed E-state index contributed by atoms with van der Waals surface area (Å²) in [4.78, 5) is 35.1. The van der Waals surface area contributed by atoms with E-state index in [1.54, 1.807) is 0 Å². The van der Waals surface area contributed by atoms with Crippen molar-refractivity contribution in [2.24, 2.45) is 28.7 Å². The molecule has 29 heavy (non-hydrogen) atoms. The fourth-order valence-electron chi connectivity index (χ4n) is 4.50. The molecule has 0 aromatic carbocycles. The van der Waals surface area contributed by atoms with Crippen molar-refractivity contribution in [1.29, 1.82) is 0 Å². The largest absolute Gasteiger partial charge is 0.357 e. The first-order valence-corrected chi connectivity index (χ1v) is 9.75. The highest BCUT2D eigenvalue weighted by Gasteiger charge is 2.58. The van der Waals surface area contributed by atoms with Gasteiger partial charge in [0.2, 0.25) is 11.8 Å². The maximum Gasteiger partial charge on any atom is 0.233 e. The highest BCUT2D eigenvalue weighted by Crippen LogP contribution is 2.52. The van der Waals surface area contributed by atoms with E-state index >= 15 is 0 Å². The number of carbonyl (C=O) groups excluding carboxylic acids is 2. The Kier molecular flexibility index (Phi) is 6.86. The van der Waals surface area contributed by atoms with Crippen molar-refractivity contribution >= 4 is 41.8 Å². The van der Waals surface area contributed by atoms with Gasteiger partial charge in [-0.2, -0.15) is 0 Å². The average Bonchev–Trinajstić information content (AvgIpc) is 3.36. The second-order valence-corrected chi connectivity index (χ2v) is 7.38. The molecule has 1 saturated heterocycles. The van der Waals surface area contributed by atoms with Crippen LogP contribution in [0.15, 0.2) is 35.5 Å². The van der Waals surface area contributed by atoms with Crippen molar-refractivity contribution in [3.8, 4) is 0 Å². The Bertz CT molecular complexity index is 816. The maximum atomic E-state index is 13.7. The van der Waals surface area contributed by atoms with Crippen LogP contribution in [0.5, 0.6) is 0 Å². The Morgan fingerprint density at radius 1 is 1.24 bits per heavy atom. The minimum Gasteiger partial charge on any atom is -0.357 e. The lowest BCUT2D eigenvalue weighted by Crippen LogP contribution is -2.43. The van der Waals surface area contributed by atoms with Gasteiger partial charge in [0.15, 0.2) is 5.96 Å². The summed E-state index contributed by atoms with van der Waals surface area (Å²) in [6.07, 6.45) is 6.63. The zero-order valence-corrected chi connectivity index (χ0v) is 18.5. The number of aliphatic imine (C=N–C) groups is 1. The van der Waals surface area contributed by atoms with E-state index in [1.807, 2.05) is 6.92 Å². The molecule has 2 N–H and O–H groups in total. The molecule has 2 fully saturated rings. The van der Waals surface area contributed by atoms with Gasteiger partial charge in [0.05, 0.1) is 24.1 Å². The number of carbonyl (C=O) groups is 2. The smallest absolute Gasteiger partial charge is 0.233 e. The lowest BCUT2D eigenvalue weighted by Gasteiger charge is -2.18. The molecule has 156 valence electrons. The average molecular weight is 513 g/mol. The molecule has 0 radical (unpaired) electrons. The number of hydrogen-bond donors (Lipinski definition) is 2. The summed E-state index contributed by atoms with van der Waals surface area (Å²) in [6, 6.07) is 2.88. The number of halogens is 2. The molecule has 1 aromatic heterocycles. The zero-order chi connectivity index (χ0) is 19.7. The molecule has 1 saturated carbocycles. The van der Waals surface area contributed by atoms with E-state index in [2.05, 4.69) is 32.8 Å². The number of fused-ring (bicyclic) bond motifs is 5. The number of nitrogens with zero attached hydrogens (tertiary/aromatic N) is 3. The van der Waals surface area contributed by atoms with Gasteiger partial charge < -0.3 is 10.6 Å². The van der Waals surface area contributed by atoms with Gasteiger partial charge in [0, 0.05) is 25.8 Å². The number of amides is 2. The summed E-state index contributed by atoms with van der Waals surface area (Å²) in [5.41, 5.74) is 0.264. The SMILES string of the molecule is CCNC(=NCc1ncccc1F)NCCN1C(=O)C2C3C=CC(C3)C2C1=O.I. The highest BCUT2D eigenvalue weighted by molar-refractivity contribution is 14.0. The minimum atomic E-state index is -0.398. The molecule has 3 aliphatic rings. The first kappa shape index (κ1) is 21.7. The second kappa shape index (κ2) is 9.19. The third kappa shape index (κ3) is 4.15. The summed E-state index contributed by atoms with van der Waals surface area (Å²) < 4.78 is 13.7. The maximum absolute atomic E-state index is 13.7. The lowest BCUT2D eigenvalue weighted by atomic mass is 9.85. The fourth-order valence-corrected chi connectivity index (χ4v) is 4.50. The molecule has 4 atom stereocenters. The van der Waals surface area contributed by atoms with Gasteiger partial charge in [-0.25, -0.2) is 9.38 Å². The Balaban J connectivity index is 0.00000240. The summed E-state index contributed by atoms with van der Waals surface area (Å²) in [5.74, 6) is 0.0946. The summed E-state index contributed by atoms with van der Waals surface area (Å²) in [6.45, 7) is 3.35.